The Morgan fingerprint density at radius 1 is 1.17 bits per heavy atom. The van der Waals surface area contributed by atoms with Crippen LogP contribution in [0.4, 0.5) is 0 Å². The molecule has 0 nitrogen and oxygen atoms in total. The van der Waals surface area contributed by atoms with E-state index in [1.165, 1.54) is 0 Å². The third-order valence-electron chi connectivity index (χ3n) is 0. The molecule has 0 aliphatic carbocycles. The molecule has 0 aromatic carbocycles. The van der Waals surface area contributed by atoms with Crippen molar-refractivity contribution in [2.75, 3.05) is 0 Å². The second kappa shape index (κ2) is 9.25. The largest absolute Gasteiger partial charge is 0.234 e. The summed E-state index contributed by atoms with van der Waals surface area (Å²) in [7, 11) is -1.19. The molecule has 0 rings (SSSR count). The van der Waals surface area contributed by atoms with Gasteiger partial charge in [-0.1, -0.05) is 13.8 Å². The zero-order valence-electron chi connectivity index (χ0n) is 4.33. The van der Waals surface area contributed by atoms with Crippen molar-refractivity contribution < 1.29 is 0 Å². The van der Waals surface area contributed by atoms with Gasteiger partial charge in [0.2, 0.25) is 7.42 Å². The lowest BCUT2D eigenvalue weighted by Gasteiger charge is -1.68. The Labute approximate surface area is 50.5 Å². The van der Waals surface area contributed by atoms with E-state index in [-0.39, 0.29) is 0 Å². The van der Waals surface area contributed by atoms with Crippen LogP contribution >= 0.6 is 22.2 Å². The average molecular weight is 145 g/mol. The lowest BCUT2D eigenvalue weighted by molar-refractivity contribution is 1.50. The molecule has 0 aromatic heterocycles. The van der Waals surface area contributed by atoms with Gasteiger partial charge < -0.3 is 0 Å². The van der Waals surface area contributed by atoms with Crippen molar-refractivity contribution in [1.29, 1.82) is 0 Å². The second-order valence-corrected chi connectivity index (χ2v) is 6.15. The molecule has 0 aromatic rings. The van der Waals surface area contributed by atoms with Gasteiger partial charge in [-0.15, -0.1) is 0 Å². The molecule has 0 saturated carbocycles. The van der Waals surface area contributed by atoms with Crippen LogP contribution in [0.25, 0.3) is 0 Å². The molecule has 0 aliphatic heterocycles. The summed E-state index contributed by atoms with van der Waals surface area (Å²) in [5, 5.41) is 0. The fraction of sp³-hybridized carbons (Fsp3) is 1.00. The van der Waals surface area contributed by atoms with Crippen LogP contribution in [0.2, 0.25) is 6.55 Å². The van der Waals surface area contributed by atoms with Gasteiger partial charge in [0.05, 0.1) is 0 Å². The van der Waals surface area contributed by atoms with E-state index in [1.807, 2.05) is 20.4 Å². The van der Waals surface area contributed by atoms with Crippen molar-refractivity contribution in [2.24, 2.45) is 0 Å². The highest BCUT2D eigenvalue weighted by atomic mass is 35.7. The van der Waals surface area contributed by atoms with Crippen LogP contribution in [0.3, 0.4) is 0 Å². The van der Waals surface area contributed by atoms with E-state index in [1.54, 1.807) is 0 Å². The van der Waals surface area contributed by atoms with Gasteiger partial charge in [-0.3, -0.25) is 0 Å². The highest BCUT2D eigenvalue weighted by Crippen LogP contribution is 1.89. The minimum absolute atomic E-state index is 1.19. The number of halogens is 2. The van der Waals surface area contributed by atoms with E-state index in [0.717, 1.165) is 0 Å². The number of rotatable bonds is 0. The van der Waals surface area contributed by atoms with E-state index >= 15 is 0 Å². The summed E-state index contributed by atoms with van der Waals surface area (Å²) < 4.78 is 0. The summed E-state index contributed by atoms with van der Waals surface area (Å²) in [4.78, 5) is 0. The summed E-state index contributed by atoms with van der Waals surface area (Å²) in [6.45, 7) is 5.84. The van der Waals surface area contributed by atoms with Gasteiger partial charge in [-0.25, -0.2) is 0 Å². The normalized spacial score (nSPS) is 7.00. The SMILES string of the molecule is CC.C[SiH](Cl)Cl. The summed E-state index contributed by atoms with van der Waals surface area (Å²) in [6, 6.07) is 0. The van der Waals surface area contributed by atoms with E-state index in [2.05, 4.69) is 0 Å². The van der Waals surface area contributed by atoms with E-state index < -0.39 is 7.42 Å². The topological polar surface area (TPSA) is 0 Å². The van der Waals surface area contributed by atoms with Gasteiger partial charge in [0.15, 0.2) is 0 Å². The predicted octanol–water partition coefficient (Wildman–Crippen LogP) is 2.34. The van der Waals surface area contributed by atoms with Crippen molar-refractivity contribution in [3.8, 4) is 0 Å². The first-order valence-corrected chi connectivity index (χ1v) is 6.66. The Morgan fingerprint density at radius 3 is 1.17 bits per heavy atom. The van der Waals surface area contributed by atoms with E-state index in [0.29, 0.717) is 0 Å². The van der Waals surface area contributed by atoms with Crippen LogP contribution in [0, 0.1) is 0 Å². The quantitative estimate of drug-likeness (QED) is 0.362. The van der Waals surface area contributed by atoms with Crippen molar-refractivity contribution in [1.82, 2.24) is 0 Å². The first kappa shape index (κ1) is 9.93. The highest BCUT2D eigenvalue weighted by molar-refractivity contribution is 7.33. The molecule has 0 atom stereocenters. The Balaban J connectivity index is 0. The predicted molar refractivity (Wildman–Crippen MR) is 36.1 cm³/mol. The van der Waals surface area contributed by atoms with Crippen LogP contribution in [-0.2, 0) is 0 Å². The van der Waals surface area contributed by atoms with Gasteiger partial charge in [0.1, 0.15) is 0 Å². The summed E-state index contributed by atoms with van der Waals surface area (Å²) >= 11 is 10.4. The second-order valence-electron chi connectivity index (χ2n) is 0.519. The molecule has 0 radical (unpaired) electrons. The third-order valence-corrected chi connectivity index (χ3v) is 0. The molecule has 0 amide bonds. The maximum atomic E-state index is 5.18. The van der Waals surface area contributed by atoms with Gasteiger partial charge in [0, 0.05) is 0 Å². The molecule has 0 aliphatic rings. The zero-order valence-corrected chi connectivity index (χ0v) is 7.00. The number of hydrogen-bond acceptors (Lipinski definition) is 0. The van der Waals surface area contributed by atoms with Crippen molar-refractivity contribution in [3.05, 3.63) is 0 Å². The smallest absolute Gasteiger partial charge is 0.151 e. The van der Waals surface area contributed by atoms with Gasteiger partial charge in [-0.05, 0) is 6.55 Å². The molecular weight excluding hydrogens is 135 g/mol. The maximum absolute atomic E-state index is 5.18. The summed E-state index contributed by atoms with van der Waals surface area (Å²) in [5.74, 6) is 0. The van der Waals surface area contributed by atoms with Crippen LogP contribution in [0.5, 0.6) is 0 Å². The van der Waals surface area contributed by atoms with Crippen LogP contribution in [0.15, 0.2) is 0 Å². The monoisotopic (exact) mass is 144 g/mol. The molecule has 0 bridgehead atoms. The Morgan fingerprint density at radius 2 is 1.17 bits per heavy atom. The van der Waals surface area contributed by atoms with Gasteiger partial charge in [0.25, 0.3) is 0 Å². The number of hydrogen-bond donors (Lipinski definition) is 0. The maximum Gasteiger partial charge on any atom is 0.234 e. The molecule has 0 heterocycles. The molecular formula is C3H10Cl2Si. The molecule has 3 heteroatoms. The Hall–Kier alpha value is 0.797. The molecule has 0 spiro atoms. The first-order valence-electron chi connectivity index (χ1n) is 2.01. The average Bonchev–Trinajstić information content (AvgIpc) is 1.41. The minimum Gasteiger partial charge on any atom is -0.151 e. The lowest BCUT2D eigenvalue weighted by Crippen LogP contribution is -1.72. The van der Waals surface area contributed by atoms with Gasteiger partial charge >= 0.3 is 0 Å². The van der Waals surface area contributed by atoms with E-state index in [9.17, 15) is 0 Å². The van der Waals surface area contributed by atoms with Crippen LogP contribution < -0.4 is 0 Å². The molecule has 0 saturated heterocycles. The van der Waals surface area contributed by atoms with Crippen molar-refractivity contribution in [2.45, 2.75) is 20.4 Å². The van der Waals surface area contributed by atoms with E-state index in [4.69, 9.17) is 22.2 Å². The Bertz CT molecular complexity index is 13.5. The standard InChI is InChI=1S/C2H6.CH4Cl2Si/c1-2;1-4(2)3/h1-2H3;4H,1H3. The summed E-state index contributed by atoms with van der Waals surface area (Å²) in [6.07, 6.45) is 0. The fourth-order valence-electron chi connectivity index (χ4n) is 0. The van der Waals surface area contributed by atoms with Crippen molar-refractivity contribution >= 4 is 29.6 Å². The highest BCUT2D eigenvalue weighted by Gasteiger charge is 1.80. The zero-order chi connectivity index (χ0) is 5.58. The lowest BCUT2D eigenvalue weighted by atomic mass is 11.0. The van der Waals surface area contributed by atoms with Crippen LogP contribution in [-0.4, -0.2) is 7.42 Å². The molecule has 0 unspecified atom stereocenters. The fourth-order valence-corrected chi connectivity index (χ4v) is 0. The Kier molecular flexibility index (Phi) is 15.3. The molecule has 40 valence electrons. The molecule has 6 heavy (non-hydrogen) atoms. The van der Waals surface area contributed by atoms with Crippen LogP contribution in [0.1, 0.15) is 13.8 Å². The first-order chi connectivity index (χ1) is 2.73. The summed E-state index contributed by atoms with van der Waals surface area (Å²) in [5.41, 5.74) is 0. The van der Waals surface area contributed by atoms with Gasteiger partial charge in [-0.2, -0.15) is 22.2 Å². The molecule has 0 fully saturated rings. The third kappa shape index (κ3) is 109. The molecule has 0 N–H and O–H groups in total. The minimum atomic E-state index is -1.19. The van der Waals surface area contributed by atoms with Crippen molar-refractivity contribution in [3.63, 3.8) is 0 Å².